The summed E-state index contributed by atoms with van der Waals surface area (Å²) in [4.78, 5) is 12.3. The van der Waals surface area contributed by atoms with Gasteiger partial charge in [-0.15, -0.1) is 0 Å². The van der Waals surface area contributed by atoms with Crippen LogP contribution in [0.3, 0.4) is 0 Å². The second kappa shape index (κ2) is 3.21. The summed E-state index contributed by atoms with van der Waals surface area (Å²) >= 11 is 0. The summed E-state index contributed by atoms with van der Waals surface area (Å²) in [6, 6.07) is 4.04. The van der Waals surface area contributed by atoms with Gasteiger partial charge in [0.25, 0.3) is 0 Å². The highest BCUT2D eigenvalue weighted by Gasteiger charge is 2.31. The molecule has 0 unspecified atom stereocenters. The van der Waals surface area contributed by atoms with Crippen molar-refractivity contribution in [2.75, 3.05) is 6.61 Å². The lowest BCUT2D eigenvalue weighted by molar-refractivity contribution is 0.103. The van der Waals surface area contributed by atoms with Crippen LogP contribution < -0.4 is 4.74 Å². The standard InChI is InChI=1S/C14H14O2/c1-8(2)11-7-9-3-4-12-10(5-6-16-12)13(9)14(11)15/h3-4H,5-7H2,1-2H3. The van der Waals surface area contributed by atoms with E-state index in [2.05, 4.69) is 0 Å². The summed E-state index contributed by atoms with van der Waals surface area (Å²) in [7, 11) is 0. The zero-order valence-electron chi connectivity index (χ0n) is 9.59. The Bertz CT molecular complexity index is 520. The maximum atomic E-state index is 12.3. The van der Waals surface area contributed by atoms with Gasteiger partial charge in [0, 0.05) is 29.5 Å². The zero-order valence-corrected chi connectivity index (χ0v) is 9.59. The molecule has 0 atom stereocenters. The maximum absolute atomic E-state index is 12.3. The molecule has 0 amide bonds. The van der Waals surface area contributed by atoms with Crippen molar-refractivity contribution in [3.8, 4) is 5.75 Å². The number of hydrogen-bond acceptors (Lipinski definition) is 2. The second-order valence-corrected chi connectivity index (χ2v) is 4.66. The van der Waals surface area contributed by atoms with Gasteiger partial charge in [0.1, 0.15) is 5.75 Å². The van der Waals surface area contributed by atoms with Crippen LogP contribution in [0.1, 0.15) is 35.3 Å². The van der Waals surface area contributed by atoms with Crippen LogP contribution in [0.5, 0.6) is 5.75 Å². The summed E-state index contributed by atoms with van der Waals surface area (Å²) < 4.78 is 5.50. The second-order valence-electron chi connectivity index (χ2n) is 4.66. The molecule has 0 bridgehead atoms. The average Bonchev–Trinajstić information content (AvgIpc) is 2.81. The number of hydrogen-bond donors (Lipinski definition) is 0. The summed E-state index contributed by atoms with van der Waals surface area (Å²) in [5.41, 5.74) is 5.32. The van der Waals surface area contributed by atoms with Crippen LogP contribution >= 0.6 is 0 Å². The van der Waals surface area contributed by atoms with Crippen LogP contribution in [0, 0.1) is 0 Å². The number of allylic oxidation sites excluding steroid dienone is 2. The lowest BCUT2D eigenvalue weighted by Crippen LogP contribution is -2.00. The molecule has 0 spiro atoms. The number of benzene rings is 1. The quantitative estimate of drug-likeness (QED) is 0.621. The van der Waals surface area contributed by atoms with E-state index in [9.17, 15) is 4.79 Å². The van der Waals surface area contributed by atoms with E-state index in [4.69, 9.17) is 4.74 Å². The fraction of sp³-hybridized carbons (Fsp3) is 0.357. The van der Waals surface area contributed by atoms with Crippen LogP contribution in [0.15, 0.2) is 23.3 Å². The highest BCUT2D eigenvalue weighted by atomic mass is 16.5. The van der Waals surface area contributed by atoms with Gasteiger partial charge in [-0.05, 0) is 25.5 Å². The number of ether oxygens (including phenoxy) is 1. The molecule has 16 heavy (non-hydrogen) atoms. The maximum Gasteiger partial charge on any atom is 0.189 e. The van der Waals surface area contributed by atoms with Crippen LogP contribution in [0.4, 0.5) is 0 Å². The van der Waals surface area contributed by atoms with Crippen molar-refractivity contribution in [2.45, 2.75) is 26.7 Å². The molecule has 2 nitrogen and oxygen atoms in total. The number of rotatable bonds is 0. The third-order valence-corrected chi connectivity index (χ3v) is 3.44. The Morgan fingerprint density at radius 3 is 2.88 bits per heavy atom. The number of carbonyl (C=O) groups is 1. The first-order chi connectivity index (χ1) is 7.68. The van der Waals surface area contributed by atoms with Crippen LogP contribution in [0.2, 0.25) is 0 Å². The van der Waals surface area contributed by atoms with Crippen LogP contribution in [-0.2, 0) is 12.8 Å². The molecule has 0 N–H and O–H groups in total. The van der Waals surface area contributed by atoms with Gasteiger partial charge in [0.05, 0.1) is 6.61 Å². The highest BCUT2D eigenvalue weighted by Crippen LogP contribution is 2.37. The molecule has 1 aliphatic heterocycles. The molecule has 2 heteroatoms. The van der Waals surface area contributed by atoms with Crippen molar-refractivity contribution in [3.63, 3.8) is 0 Å². The summed E-state index contributed by atoms with van der Waals surface area (Å²) in [5, 5.41) is 0. The van der Waals surface area contributed by atoms with Gasteiger partial charge in [-0.25, -0.2) is 0 Å². The molecule has 1 heterocycles. The first-order valence-electron chi connectivity index (χ1n) is 5.67. The molecule has 2 aliphatic rings. The lowest BCUT2D eigenvalue weighted by atomic mass is 10.0. The van der Waals surface area contributed by atoms with Crippen molar-refractivity contribution in [1.29, 1.82) is 0 Å². The molecule has 0 saturated heterocycles. The molecule has 1 aromatic rings. The molecule has 1 aromatic carbocycles. The number of carbonyl (C=O) groups excluding carboxylic acids is 1. The van der Waals surface area contributed by atoms with Crippen molar-refractivity contribution >= 4 is 5.78 Å². The predicted molar refractivity (Wildman–Crippen MR) is 62.0 cm³/mol. The minimum atomic E-state index is 0.220. The first kappa shape index (κ1) is 9.64. The Kier molecular flexibility index (Phi) is 1.93. The summed E-state index contributed by atoms with van der Waals surface area (Å²) in [6.07, 6.45) is 1.67. The molecule has 82 valence electrons. The van der Waals surface area contributed by atoms with Crippen molar-refractivity contribution in [3.05, 3.63) is 40.0 Å². The Morgan fingerprint density at radius 1 is 1.31 bits per heavy atom. The van der Waals surface area contributed by atoms with E-state index in [0.717, 1.165) is 40.9 Å². The van der Waals surface area contributed by atoms with E-state index < -0.39 is 0 Å². The Hall–Kier alpha value is -1.57. The monoisotopic (exact) mass is 214 g/mol. The van der Waals surface area contributed by atoms with E-state index in [1.54, 1.807) is 0 Å². The average molecular weight is 214 g/mol. The third kappa shape index (κ3) is 1.16. The van der Waals surface area contributed by atoms with Crippen LogP contribution in [0.25, 0.3) is 0 Å². The van der Waals surface area contributed by atoms with E-state index in [-0.39, 0.29) is 5.78 Å². The van der Waals surface area contributed by atoms with Gasteiger partial charge in [-0.1, -0.05) is 11.6 Å². The van der Waals surface area contributed by atoms with Gasteiger partial charge in [0.2, 0.25) is 0 Å². The van der Waals surface area contributed by atoms with Crippen molar-refractivity contribution in [2.24, 2.45) is 0 Å². The van der Waals surface area contributed by atoms with E-state index in [1.807, 2.05) is 26.0 Å². The fourth-order valence-electron chi connectivity index (χ4n) is 2.58. The first-order valence-corrected chi connectivity index (χ1v) is 5.67. The molecule has 1 aliphatic carbocycles. The predicted octanol–water partition coefficient (Wildman–Crippen LogP) is 2.70. The normalized spacial score (nSPS) is 17.1. The Morgan fingerprint density at radius 2 is 2.12 bits per heavy atom. The van der Waals surface area contributed by atoms with Gasteiger partial charge >= 0.3 is 0 Å². The summed E-state index contributed by atoms with van der Waals surface area (Å²) in [5.74, 6) is 1.12. The molecule has 0 fully saturated rings. The topological polar surface area (TPSA) is 26.3 Å². The number of fused-ring (bicyclic) bond motifs is 3. The molecular weight excluding hydrogens is 200 g/mol. The van der Waals surface area contributed by atoms with Gasteiger partial charge in [-0.3, -0.25) is 4.79 Å². The van der Waals surface area contributed by atoms with Gasteiger partial charge in [0.15, 0.2) is 5.78 Å². The van der Waals surface area contributed by atoms with Crippen molar-refractivity contribution < 1.29 is 9.53 Å². The smallest absolute Gasteiger partial charge is 0.189 e. The molecule has 3 rings (SSSR count). The lowest BCUT2D eigenvalue weighted by Gasteiger charge is -2.03. The highest BCUT2D eigenvalue weighted by molar-refractivity contribution is 6.14. The largest absolute Gasteiger partial charge is 0.493 e. The number of ketones is 1. The molecular formula is C14H14O2. The van der Waals surface area contributed by atoms with E-state index >= 15 is 0 Å². The van der Waals surface area contributed by atoms with Crippen molar-refractivity contribution in [1.82, 2.24) is 0 Å². The van der Waals surface area contributed by atoms with Crippen LogP contribution in [-0.4, -0.2) is 12.4 Å². The Labute approximate surface area is 94.9 Å². The SMILES string of the molecule is CC(C)=C1Cc2ccc3c(c2C1=O)CCO3. The zero-order chi connectivity index (χ0) is 11.3. The minimum Gasteiger partial charge on any atom is -0.493 e. The minimum absolute atomic E-state index is 0.220. The summed E-state index contributed by atoms with van der Waals surface area (Å²) in [6.45, 7) is 4.73. The van der Waals surface area contributed by atoms with Gasteiger partial charge < -0.3 is 4.74 Å². The molecule has 0 radical (unpaired) electrons. The third-order valence-electron chi connectivity index (χ3n) is 3.44. The fourth-order valence-corrected chi connectivity index (χ4v) is 2.58. The van der Waals surface area contributed by atoms with Gasteiger partial charge in [-0.2, -0.15) is 0 Å². The molecule has 0 saturated carbocycles. The van der Waals surface area contributed by atoms with E-state index in [1.165, 1.54) is 5.56 Å². The molecule has 0 aromatic heterocycles. The Balaban J connectivity index is 2.22. The number of Topliss-reactive ketones (excluding diaryl/α,β-unsaturated/α-hetero) is 1. The van der Waals surface area contributed by atoms with E-state index in [0.29, 0.717) is 6.61 Å².